The van der Waals surface area contributed by atoms with Crippen LogP contribution in [0.1, 0.15) is 5.56 Å². The molecule has 0 unspecified atom stereocenters. The summed E-state index contributed by atoms with van der Waals surface area (Å²) in [5, 5.41) is 7.61. The van der Waals surface area contributed by atoms with E-state index in [-0.39, 0.29) is 17.3 Å². The van der Waals surface area contributed by atoms with Gasteiger partial charge in [-0.25, -0.2) is 9.97 Å². The summed E-state index contributed by atoms with van der Waals surface area (Å²) in [4.78, 5) is 25.0. The molecule has 1 aliphatic rings. The van der Waals surface area contributed by atoms with Crippen LogP contribution in [0.5, 0.6) is 0 Å². The number of halogens is 4. The van der Waals surface area contributed by atoms with Gasteiger partial charge in [-0.15, -0.1) is 0 Å². The number of nitrogens with zero attached hydrogens (tertiary/aromatic N) is 6. The van der Waals surface area contributed by atoms with Crippen LogP contribution < -0.4 is 10.2 Å². The topological polar surface area (TPSA) is 79.2 Å². The van der Waals surface area contributed by atoms with Crippen LogP contribution in [-0.2, 0) is 18.0 Å². The lowest BCUT2D eigenvalue weighted by molar-refractivity contribution is -0.137. The fourth-order valence-corrected chi connectivity index (χ4v) is 3.67. The molecule has 1 N–H and O–H groups in total. The molecular formula is C19H19ClF3N7O. The SMILES string of the molecule is Cn1ncc2c(N3CCN(CC(=O)Nc4cc(C(F)(F)F)ccc4Cl)CC3)ncnc21. The third-order valence-electron chi connectivity index (χ3n) is 5.12. The maximum Gasteiger partial charge on any atom is 0.416 e. The van der Waals surface area contributed by atoms with Crippen molar-refractivity contribution in [2.45, 2.75) is 6.18 Å². The lowest BCUT2D eigenvalue weighted by Gasteiger charge is -2.35. The minimum atomic E-state index is -4.51. The molecule has 1 aromatic carbocycles. The number of hydrogen-bond acceptors (Lipinski definition) is 6. The summed E-state index contributed by atoms with van der Waals surface area (Å²) < 4.78 is 40.4. The van der Waals surface area contributed by atoms with Crippen molar-refractivity contribution in [2.75, 3.05) is 42.9 Å². The lowest BCUT2D eigenvalue weighted by atomic mass is 10.2. The van der Waals surface area contributed by atoms with Crippen LogP contribution in [-0.4, -0.2) is 63.3 Å². The molecule has 4 rings (SSSR count). The molecule has 31 heavy (non-hydrogen) atoms. The molecule has 0 radical (unpaired) electrons. The molecule has 1 amide bonds. The Morgan fingerprint density at radius 1 is 1.19 bits per heavy atom. The van der Waals surface area contributed by atoms with E-state index >= 15 is 0 Å². The summed E-state index contributed by atoms with van der Waals surface area (Å²) >= 11 is 5.95. The van der Waals surface area contributed by atoms with E-state index in [1.54, 1.807) is 10.9 Å². The quantitative estimate of drug-likeness (QED) is 0.654. The van der Waals surface area contributed by atoms with E-state index in [4.69, 9.17) is 11.6 Å². The third-order valence-corrected chi connectivity index (χ3v) is 5.44. The number of anilines is 2. The second-order valence-corrected chi connectivity index (χ2v) is 7.61. The van der Waals surface area contributed by atoms with E-state index in [1.807, 2.05) is 11.9 Å². The predicted molar refractivity (Wildman–Crippen MR) is 110 cm³/mol. The molecule has 0 aliphatic carbocycles. The summed E-state index contributed by atoms with van der Waals surface area (Å²) in [6.07, 6.45) is -1.29. The van der Waals surface area contributed by atoms with Gasteiger partial charge in [0, 0.05) is 33.2 Å². The molecule has 3 heterocycles. The summed E-state index contributed by atoms with van der Waals surface area (Å²) in [5.41, 5.74) is -0.183. The minimum Gasteiger partial charge on any atom is -0.353 e. The van der Waals surface area contributed by atoms with Crippen molar-refractivity contribution in [3.8, 4) is 0 Å². The minimum absolute atomic E-state index is 0.0481. The van der Waals surface area contributed by atoms with Gasteiger partial charge in [-0.2, -0.15) is 18.3 Å². The maximum atomic E-state index is 12.9. The molecule has 1 aliphatic heterocycles. The van der Waals surface area contributed by atoms with Gasteiger partial charge in [0.15, 0.2) is 5.65 Å². The monoisotopic (exact) mass is 453 g/mol. The maximum absolute atomic E-state index is 12.9. The number of fused-ring (bicyclic) bond motifs is 1. The summed E-state index contributed by atoms with van der Waals surface area (Å²) in [6.45, 7) is 2.51. The second-order valence-electron chi connectivity index (χ2n) is 7.21. The number of hydrogen-bond donors (Lipinski definition) is 1. The molecule has 1 fully saturated rings. The van der Waals surface area contributed by atoms with Crippen molar-refractivity contribution in [1.82, 2.24) is 24.6 Å². The smallest absolute Gasteiger partial charge is 0.353 e. The average Bonchev–Trinajstić information content (AvgIpc) is 3.10. The standard InChI is InChI=1S/C19H19ClF3N7O/c1-28-17-13(9-26-28)18(25-11-24-17)30-6-4-29(5-7-30)10-16(31)27-15-8-12(19(21,22)23)2-3-14(15)20/h2-3,8-9,11H,4-7,10H2,1H3,(H,27,31). The van der Waals surface area contributed by atoms with Gasteiger partial charge in [-0.1, -0.05) is 11.6 Å². The van der Waals surface area contributed by atoms with Crippen LogP contribution >= 0.6 is 11.6 Å². The van der Waals surface area contributed by atoms with Gasteiger partial charge in [0.1, 0.15) is 12.1 Å². The predicted octanol–water partition coefficient (Wildman–Crippen LogP) is 2.80. The highest BCUT2D eigenvalue weighted by atomic mass is 35.5. The normalized spacial score (nSPS) is 15.5. The highest BCUT2D eigenvalue weighted by molar-refractivity contribution is 6.33. The Balaban J connectivity index is 1.36. The molecule has 2 aromatic heterocycles. The first kappa shape index (κ1) is 21.3. The van der Waals surface area contributed by atoms with Crippen LogP contribution in [0.25, 0.3) is 11.0 Å². The van der Waals surface area contributed by atoms with E-state index in [2.05, 4.69) is 25.3 Å². The van der Waals surface area contributed by atoms with Gasteiger partial charge in [0.2, 0.25) is 5.91 Å². The van der Waals surface area contributed by atoms with Gasteiger partial charge >= 0.3 is 6.18 Å². The Morgan fingerprint density at radius 2 is 1.94 bits per heavy atom. The van der Waals surface area contributed by atoms with E-state index in [1.165, 1.54) is 6.33 Å². The number of piperazine rings is 1. The summed E-state index contributed by atoms with van der Waals surface area (Å²) in [7, 11) is 1.81. The molecular weight excluding hydrogens is 435 g/mol. The first-order chi connectivity index (χ1) is 14.7. The zero-order chi connectivity index (χ0) is 22.2. The second kappa shape index (κ2) is 8.31. The highest BCUT2D eigenvalue weighted by Gasteiger charge is 2.31. The Morgan fingerprint density at radius 3 is 2.65 bits per heavy atom. The number of aromatic nitrogens is 4. The van der Waals surface area contributed by atoms with Crippen molar-refractivity contribution in [1.29, 1.82) is 0 Å². The van der Waals surface area contributed by atoms with Crippen LogP contribution in [0.4, 0.5) is 24.7 Å². The van der Waals surface area contributed by atoms with Gasteiger partial charge in [-0.05, 0) is 18.2 Å². The van der Waals surface area contributed by atoms with E-state index < -0.39 is 17.6 Å². The van der Waals surface area contributed by atoms with Crippen molar-refractivity contribution in [3.05, 3.63) is 41.3 Å². The first-order valence-electron chi connectivity index (χ1n) is 9.49. The highest BCUT2D eigenvalue weighted by Crippen LogP contribution is 2.33. The Labute approximate surface area is 180 Å². The molecule has 12 heteroatoms. The number of carbonyl (C=O) groups excluding carboxylic acids is 1. The molecule has 8 nitrogen and oxygen atoms in total. The molecule has 3 aromatic rings. The number of carbonyl (C=O) groups is 1. The van der Waals surface area contributed by atoms with Crippen molar-refractivity contribution < 1.29 is 18.0 Å². The van der Waals surface area contributed by atoms with E-state index in [0.717, 1.165) is 35.1 Å². The molecule has 0 saturated carbocycles. The van der Waals surface area contributed by atoms with Crippen LogP contribution in [0.2, 0.25) is 5.02 Å². The largest absolute Gasteiger partial charge is 0.416 e. The Bertz CT molecular complexity index is 1110. The Kier molecular flexibility index (Phi) is 5.71. The lowest BCUT2D eigenvalue weighted by Crippen LogP contribution is -2.49. The first-order valence-corrected chi connectivity index (χ1v) is 9.87. The zero-order valence-corrected chi connectivity index (χ0v) is 17.3. The molecule has 0 spiro atoms. The van der Waals surface area contributed by atoms with E-state index in [9.17, 15) is 18.0 Å². The molecule has 164 valence electrons. The van der Waals surface area contributed by atoms with Crippen molar-refractivity contribution in [3.63, 3.8) is 0 Å². The van der Waals surface area contributed by atoms with E-state index in [0.29, 0.717) is 26.2 Å². The summed E-state index contributed by atoms with van der Waals surface area (Å²) in [6, 6.07) is 2.84. The van der Waals surface area contributed by atoms with Crippen LogP contribution in [0.15, 0.2) is 30.7 Å². The van der Waals surface area contributed by atoms with Gasteiger partial charge in [0.25, 0.3) is 0 Å². The number of aryl methyl sites for hydroxylation is 1. The molecule has 0 atom stereocenters. The van der Waals surface area contributed by atoms with Crippen LogP contribution in [0.3, 0.4) is 0 Å². The fraction of sp³-hybridized carbons (Fsp3) is 0.368. The number of rotatable bonds is 4. The number of benzene rings is 1. The van der Waals surface area contributed by atoms with Crippen molar-refractivity contribution >= 4 is 40.0 Å². The number of alkyl halides is 3. The Hall–Kier alpha value is -2.92. The van der Waals surface area contributed by atoms with Gasteiger partial charge in [0.05, 0.1) is 34.4 Å². The number of nitrogens with one attached hydrogen (secondary N) is 1. The van der Waals surface area contributed by atoms with Crippen molar-refractivity contribution in [2.24, 2.45) is 7.05 Å². The third kappa shape index (κ3) is 4.57. The zero-order valence-electron chi connectivity index (χ0n) is 16.5. The number of amides is 1. The van der Waals surface area contributed by atoms with Crippen LogP contribution in [0, 0.1) is 0 Å². The average molecular weight is 454 g/mol. The molecule has 0 bridgehead atoms. The fourth-order valence-electron chi connectivity index (χ4n) is 3.51. The molecule has 1 saturated heterocycles. The van der Waals surface area contributed by atoms with Gasteiger partial charge in [-0.3, -0.25) is 14.4 Å². The van der Waals surface area contributed by atoms with Gasteiger partial charge < -0.3 is 10.2 Å². The summed E-state index contributed by atoms with van der Waals surface area (Å²) in [5.74, 6) is 0.365.